The maximum atomic E-state index is 12.5. The number of anilines is 1. The van der Waals surface area contributed by atoms with Crippen molar-refractivity contribution in [1.82, 2.24) is 10.6 Å². The van der Waals surface area contributed by atoms with Crippen LogP contribution in [0.5, 0.6) is 0 Å². The van der Waals surface area contributed by atoms with E-state index in [9.17, 15) is 20.0 Å². The lowest BCUT2D eigenvalue weighted by Gasteiger charge is -2.28. The van der Waals surface area contributed by atoms with Crippen molar-refractivity contribution in [3.8, 4) is 0 Å². The molecule has 1 aromatic carbocycles. The number of nitro benzene ring substituents is 1. The zero-order valence-corrected chi connectivity index (χ0v) is 18.3. The van der Waals surface area contributed by atoms with Crippen LogP contribution >= 0.6 is 12.2 Å². The summed E-state index contributed by atoms with van der Waals surface area (Å²) < 4.78 is 5.34. The molecule has 1 atom stereocenters. The highest BCUT2D eigenvalue weighted by atomic mass is 32.1. The Morgan fingerprint density at radius 2 is 2.19 bits per heavy atom. The molecule has 0 saturated heterocycles. The van der Waals surface area contributed by atoms with Crippen LogP contribution in [0, 0.1) is 16.0 Å². The van der Waals surface area contributed by atoms with Crippen molar-refractivity contribution in [1.29, 1.82) is 0 Å². The van der Waals surface area contributed by atoms with E-state index < -0.39 is 16.9 Å². The van der Waals surface area contributed by atoms with Crippen molar-refractivity contribution in [3.63, 3.8) is 0 Å². The molecule has 1 saturated carbocycles. The number of rotatable bonds is 11. The van der Waals surface area contributed by atoms with E-state index in [0.717, 1.165) is 18.8 Å². The van der Waals surface area contributed by atoms with Gasteiger partial charge >= 0.3 is 5.97 Å². The molecule has 0 spiro atoms. The first-order chi connectivity index (χ1) is 14.9. The van der Waals surface area contributed by atoms with Crippen molar-refractivity contribution in [2.24, 2.45) is 5.92 Å². The molecule has 0 bridgehead atoms. The monoisotopic (exact) mass is 448 g/mol. The van der Waals surface area contributed by atoms with Gasteiger partial charge in [-0.3, -0.25) is 10.1 Å². The van der Waals surface area contributed by atoms with Gasteiger partial charge in [-0.2, -0.15) is 0 Å². The summed E-state index contributed by atoms with van der Waals surface area (Å²) in [5, 5.41) is 30.1. The number of allylic oxidation sites excluding steroid dienone is 1. The third-order valence-electron chi connectivity index (χ3n) is 5.45. The first-order valence-electron chi connectivity index (χ1n) is 10.5. The van der Waals surface area contributed by atoms with Crippen LogP contribution in [0.15, 0.2) is 29.5 Å². The van der Waals surface area contributed by atoms with Gasteiger partial charge in [0, 0.05) is 24.7 Å². The van der Waals surface area contributed by atoms with Gasteiger partial charge in [-0.15, -0.1) is 0 Å². The molecular formula is C21H28N4O5S. The second-order valence-electron chi connectivity index (χ2n) is 7.88. The maximum absolute atomic E-state index is 12.5. The van der Waals surface area contributed by atoms with E-state index >= 15 is 0 Å². The molecule has 168 valence electrons. The van der Waals surface area contributed by atoms with Crippen molar-refractivity contribution in [2.75, 3.05) is 25.1 Å². The Morgan fingerprint density at radius 3 is 2.87 bits per heavy atom. The van der Waals surface area contributed by atoms with Gasteiger partial charge in [0.2, 0.25) is 0 Å². The van der Waals surface area contributed by atoms with Crippen LogP contribution in [0.2, 0.25) is 0 Å². The van der Waals surface area contributed by atoms with Gasteiger partial charge in [0.25, 0.3) is 5.69 Å². The van der Waals surface area contributed by atoms with Crippen LogP contribution in [0.3, 0.4) is 0 Å². The molecular weight excluding hydrogens is 420 g/mol. The lowest BCUT2D eigenvalue weighted by atomic mass is 10.0. The Labute approximate surface area is 186 Å². The molecule has 31 heavy (non-hydrogen) atoms. The minimum atomic E-state index is -0.632. The number of aliphatic hydroxyl groups is 1. The van der Waals surface area contributed by atoms with E-state index in [4.69, 9.17) is 17.0 Å². The Morgan fingerprint density at radius 1 is 1.42 bits per heavy atom. The standard InChI is InChI=1S/C21H28N4O5S/c1-13-19(17(12-26)24-21(31)23-13)20(27)30-10-8-15-6-7-16(18(11-15)25(28)29)22-9-2-3-14-4-5-14/h6-7,11,14,17,22,26H,2-5,8-10,12H2,1H3,(H2,23,24,31). The minimum Gasteiger partial charge on any atom is -0.462 e. The molecule has 3 rings (SSSR count). The van der Waals surface area contributed by atoms with Crippen LogP contribution < -0.4 is 16.0 Å². The molecule has 4 N–H and O–H groups in total. The number of carbonyl (C=O) groups is 1. The summed E-state index contributed by atoms with van der Waals surface area (Å²) in [4.78, 5) is 23.5. The van der Waals surface area contributed by atoms with E-state index in [1.165, 1.54) is 18.9 Å². The van der Waals surface area contributed by atoms with Gasteiger partial charge in [0.1, 0.15) is 5.69 Å². The van der Waals surface area contributed by atoms with Crippen LogP contribution in [0.1, 0.15) is 38.2 Å². The number of ether oxygens (including phenoxy) is 1. The topological polar surface area (TPSA) is 126 Å². The molecule has 10 heteroatoms. The van der Waals surface area contributed by atoms with Crippen molar-refractivity contribution < 1.29 is 19.6 Å². The molecule has 1 aliphatic carbocycles. The van der Waals surface area contributed by atoms with E-state index in [1.54, 1.807) is 19.1 Å². The van der Waals surface area contributed by atoms with Gasteiger partial charge in [-0.25, -0.2) is 4.79 Å². The number of carbonyl (C=O) groups excluding carboxylic acids is 1. The van der Waals surface area contributed by atoms with E-state index in [0.29, 0.717) is 35.0 Å². The average Bonchev–Trinajstić information content (AvgIpc) is 3.55. The van der Waals surface area contributed by atoms with Crippen LogP contribution in [0.25, 0.3) is 0 Å². The fourth-order valence-corrected chi connectivity index (χ4v) is 3.89. The number of hydrogen-bond donors (Lipinski definition) is 4. The summed E-state index contributed by atoms with van der Waals surface area (Å²) >= 11 is 5.03. The summed E-state index contributed by atoms with van der Waals surface area (Å²) in [6.45, 7) is 2.15. The largest absolute Gasteiger partial charge is 0.462 e. The molecule has 9 nitrogen and oxygen atoms in total. The molecule has 1 unspecified atom stereocenters. The Kier molecular flexibility index (Phi) is 7.80. The average molecular weight is 449 g/mol. The highest BCUT2D eigenvalue weighted by molar-refractivity contribution is 7.80. The molecule has 0 amide bonds. The van der Waals surface area contributed by atoms with E-state index in [1.807, 2.05) is 0 Å². The summed E-state index contributed by atoms with van der Waals surface area (Å²) in [5.74, 6) is 0.272. The molecule has 1 aliphatic heterocycles. The molecule has 0 aromatic heterocycles. The molecule has 1 aromatic rings. The Balaban J connectivity index is 1.55. The third-order valence-corrected chi connectivity index (χ3v) is 5.67. The lowest BCUT2D eigenvalue weighted by molar-refractivity contribution is -0.384. The van der Waals surface area contributed by atoms with Crippen molar-refractivity contribution >= 4 is 34.7 Å². The van der Waals surface area contributed by atoms with Gasteiger partial charge in [0.15, 0.2) is 5.11 Å². The van der Waals surface area contributed by atoms with Crippen molar-refractivity contribution in [2.45, 2.75) is 45.1 Å². The Hall–Kier alpha value is -2.72. The normalized spacial score (nSPS) is 18.3. The predicted octanol–water partition coefficient (Wildman–Crippen LogP) is 2.40. The minimum absolute atomic E-state index is 0.0170. The summed E-state index contributed by atoms with van der Waals surface area (Å²) in [5.41, 5.74) is 2.04. The Bertz CT molecular complexity index is 885. The van der Waals surface area contributed by atoms with Gasteiger partial charge in [0.05, 0.1) is 29.8 Å². The SMILES string of the molecule is CC1=C(C(=O)OCCc2ccc(NCCCC3CC3)c([N+](=O)[O-])c2)C(CO)NC(=S)N1. The summed E-state index contributed by atoms with van der Waals surface area (Å²) in [6, 6.07) is 4.39. The number of nitrogens with one attached hydrogen (secondary N) is 3. The molecule has 2 aliphatic rings. The van der Waals surface area contributed by atoms with Crippen molar-refractivity contribution in [3.05, 3.63) is 45.1 Å². The fourth-order valence-electron chi connectivity index (χ4n) is 3.59. The highest BCUT2D eigenvalue weighted by Crippen LogP contribution is 2.33. The second-order valence-corrected chi connectivity index (χ2v) is 8.29. The number of nitrogens with zero attached hydrogens (tertiary/aromatic N) is 1. The number of benzene rings is 1. The molecule has 1 fully saturated rings. The number of aliphatic hydroxyl groups excluding tert-OH is 1. The summed E-state index contributed by atoms with van der Waals surface area (Å²) in [6.07, 6.45) is 5.10. The van der Waals surface area contributed by atoms with Gasteiger partial charge in [-0.05, 0) is 49.5 Å². The second kappa shape index (κ2) is 10.5. The number of thiocarbonyl (C=S) groups is 1. The highest BCUT2D eigenvalue weighted by Gasteiger charge is 2.29. The van der Waals surface area contributed by atoms with E-state index in [-0.39, 0.29) is 24.5 Å². The zero-order valence-electron chi connectivity index (χ0n) is 17.5. The van der Waals surface area contributed by atoms with E-state index in [2.05, 4.69) is 16.0 Å². The van der Waals surface area contributed by atoms with Crippen LogP contribution in [-0.2, 0) is 16.0 Å². The maximum Gasteiger partial charge on any atom is 0.337 e. The third kappa shape index (κ3) is 6.38. The lowest BCUT2D eigenvalue weighted by Crippen LogP contribution is -2.51. The molecule has 0 radical (unpaired) electrons. The fraction of sp³-hybridized carbons (Fsp3) is 0.524. The number of esters is 1. The van der Waals surface area contributed by atoms with Crippen LogP contribution in [0.4, 0.5) is 11.4 Å². The number of nitro groups is 1. The first-order valence-corrected chi connectivity index (χ1v) is 10.9. The van der Waals surface area contributed by atoms with Crippen LogP contribution in [-0.4, -0.2) is 46.9 Å². The number of hydrogen-bond acceptors (Lipinski definition) is 7. The van der Waals surface area contributed by atoms with Gasteiger partial charge < -0.3 is 25.8 Å². The first kappa shape index (κ1) is 23.0. The summed E-state index contributed by atoms with van der Waals surface area (Å²) in [7, 11) is 0. The van der Waals surface area contributed by atoms with Gasteiger partial charge in [-0.1, -0.05) is 18.9 Å². The molecule has 1 heterocycles. The predicted molar refractivity (Wildman–Crippen MR) is 121 cm³/mol. The quantitative estimate of drug-likeness (QED) is 0.133. The smallest absolute Gasteiger partial charge is 0.337 e. The zero-order chi connectivity index (χ0) is 22.4.